The van der Waals surface area contributed by atoms with Crippen LogP contribution >= 0.6 is 0 Å². The van der Waals surface area contributed by atoms with E-state index in [9.17, 15) is 22.4 Å². The monoisotopic (exact) mass is 340 g/mol. The molecule has 1 fully saturated rings. The average Bonchev–Trinajstić information content (AvgIpc) is 2.73. The second-order valence-corrected chi connectivity index (χ2v) is 6.52. The lowest BCUT2D eigenvalue weighted by Crippen LogP contribution is -2.51. The maximum Gasteiger partial charge on any atom is 0.410 e. The van der Waals surface area contributed by atoms with Crippen LogP contribution in [0, 0.1) is 5.82 Å². The van der Waals surface area contributed by atoms with Gasteiger partial charge >= 0.3 is 6.18 Å². The number of fused-ring (bicyclic) bond motifs is 1. The van der Waals surface area contributed by atoms with Gasteiger partial charge in [-0.3, -0.25) is 10.2 Å². The minimum absolute atomic E-state index is 0.0913. The van der Waals surface area contributed by atoms with Crippen LogP contribution in [-0.4, -0.2) is 22.6 Å². The molecule has 0 aromatic heterocycles. The first-order valence-corrected chi connectivity index (χ1v) is 7.44. The highest BCUT2D eigenvalue weighted by molar-refractivity contribution is 5.86. The summed E-state index contributed by atoms with van der Waals surface area (Å²) in [4.78, 5) is 11.7. The van der Waals surface area contributed by atoms with Gasteiger partial charge in [0, 0.05) is 17.5 Å². The fraction of sp³-hybridized carbons (Fsp3) is 0.353. The molecule has 3 nitrogen and oxygen atoms in total. The number of amides is 1. The molecule has 0 aliphatic carbocycles. The van der Waals surface area contributed by atoms with Crippen molar-refractivity contribution in [3.05, 3.63) is 47.8 Å². The van der Waals surface area contributed by atoms with Gasteiger partial charge in [0.25, 0.3) is 0 Å². The summed E-state index contributed by atoms with van der Waals surface area (Å²) >= 11 is 0. The van der Waals surface area contributed by atoms with Crippen LogP contribution < -0.4 is 5.43 Å². The molecule has 2 aromatic rings. The number of nitrogens with zero attached hydrogens (tertiary/aromatic N) is 1. The Bertz CT molecular complexity index is 801. The minimum atomic E-state index is -4.76. The Morgan fingerprint density at radius 1 is 1.17 bits per heavy atom. The molecule has 3 rings (SSSR count). The normalized spacial score (nSPS) is 19.5. The summed E-state index contributed by atoms with van der Waals surface area (Å²) in [6.45, 7) is 3.04. The molecular formula is C17H16F4N2O. The number of alkyl halides is 3. The topological polar surface area (TPSA) is 32.3 Å². The maximum atomic E-state index is 14.5. The second-order valence-electron chi connectivity index (χ2n) is 6.52. The Hall–Kier alpha value is -2.15. The number of carbonyl (C=O) groups is 1. The molecule has 128 valence electrons. The summed E-state index contributed by atoms with van der Waals surface area (Å²) < 4.78 is 56.1. The first-order chi connectivity index (χ1) is 11.1. The van der Waals surface area contributed by atoms with E-state index in [0.29, 0.717) is 5.39 Å². The van der Waals surface area contributed by atoms with Gasteiger partial charge in [0.15, 0.2) is 6.04 Å². The highest BCUT2D eigenvalue weighted by Crippen LogP contribution is 2.45. The molecule has 1 saturated heterocycles. The molecule has 0 radical (unpaired) electrons. The zero-order chi connectivity index (χ0) is 17.7. The van der Waals surface area contributed by atoms with Crippen LogP contribution in [0.2, 0.25) is 0 Å². The Kier molecular flexibility index (Phi) is 3.79. The molecule has 1 aliphatic rings. The van der Waals surface area contributed by atoms with E-state index in [-0.39, 0.29) is 11.8 Å². The van der Waals surface area contributed by atoms with Gasteiger partial charge < -0.3 is 0 Å². The SMILES string of the molecule is CC1(C)CC(=O)NN1C(c1c(F)ccc2ccccc12)C(F)(F)F. The van der Waals surface area contributed by atoms with E-state index in [1.807, 2.05) is 0 Å². The van der Waals surface area contributed by atoms with Gasteiger partial charge in [-0.1, -0.05) is 30.3 Å². The van der Waals surface area contributed by atoms with E-state index in [1.54, 1.807) is 18.2 Å². The summed E-state index contributed by atoms with van der Waals surface area (Å²) in [5.41, 5.74) is 0.676. The van der Waals surface area contributed by atoms with Crippen molar-refractivity contribution in [3.63, 3.8) is 0 Å². The molecule has 24 heavy (non-hydrogen) atoms. The molecule has 2 aromatic carbocycles. The van der Waals surface area contributed by atoms with E-state index in [1.165, 1.54) is 26.0 Å². The van der Waals surface area contributed by atoms with Gasteiger partial charge in [-0.15, -0.1) is 0 Å². The number of hydrazine groups is 1. The maximum absolute atomic E-state index is 14.5. The number of hydrogen-bond donors (Lipinski definition) is 1. The largest absolute Gasteiger partial charge is 0.410 e. The van der Waals surface area contributed by atoms with Crippen LogP contribution in [0.15, 0.2) is 36.4 Å². The van der Waals surface area contributed by atoms with Crippen molar-refractivity contribution in [2.45, 2.75) is 38.0 Å². The molecule has 1 N–H and O–H groups in total. The van der Waals surface area contributed by atoms with Crippen LogP contribution in [0.1, 0.15) is 31.9 Å². The lowest BCUT2D eigenvalue weighted by molar-refractivity contribution is -0.204. The quantitative estimate of drug-likeness (QED) is 0.835. The van der Waals surface area contributed by atoms with Crippen molar-refractivity contribution in [1.82, 2.24) is 10.4 Å². The van der Waals surface area contributed by atoms with E-state index in [0.717, 1.165) is 11.1 Å². The molecule has 7 heteroatoms. The smallest absolute Gasteiger partial charge is 0.287 e. The Labute approximate surface area is 136 Å². The Balaban J connectivity index is 2.26. The van der Waals surface area contributed by atoms with Gasteiger partial charge in [-0.05, 0) is 30.7 Å². The van der Waals surface area contributed by atoms with Crippen molar-refractivity contribution in [1.29, 1.82) is 0 Å². The second kappa shape index (κ2) is 5.44. The van der Waals surface area contributed by atoms with Crippen molar-refractivity contribution >= 4 is 16.7 Å². The van der Waals surface area contributed by atoms with Gasteiger partial charge in [-0.25, -0.2) is 4.39 Å². The third-order valence-electron chi connectivity index (χ3n) is 4.25. The lowest BCUT2D eigenvalue weighted by Gasteiger charge is -2.38. The highest BCUT2D eigenvalue weighted by Gasteiger charge is 2.54. The standard InChI is InChI=1S/C17H16F4N2O/c1-16(2)9-13(24)22-23(16)15(17(19,20)21)14-11-6-4-3-5-10(11)7-8-12(14)18/h3-8,15H,9H2,1-2H3,(H,22,24). The molecule has 1 amide bonds. The Morgan fingerprint density at radius 3 is 2.42 bits per heavy atom. The summed E-state index contributed by atoms with van der Waals surface area (Å²) in [6, 6.07) is 6.51. The molecule has 1 unspecified atom stereocenters. The van der Waals surface area contributed by atoms with Crippen LogP contribution in [0.4, 0.5) is 17.6 Å². The molecule has 1 aliphatic heterocycles. The number of hydrogen-bond acceptors (Lipinski definition) is 2. The first-order valence-electron chi connectivity index (χ1n) is 7.44. The summed E-state index contributed by atoms with van der Waals surface area (Å²) in [7, 11) is 0. The number of halogens is 4. The fourth-order valence-corrected chi connectivity index (χ4v) is 3.20. The van der Waals surface area contributed by atoms with Gasteiger partial charge in [0.05, 0.1) is 0 Å². The van der Waals surface area contributed by atoms with E-state index in [4.69, 9.17) is 0 Å². The number of benzene rings is 2. The van der Waals surface area contributed by atoms with Gasteiger partial charge in [0.2, 0.25) is 5.91 Å². The highest BCUT2D eigenvalue weighted by atomic mass is 19.4. The summed E-state index contributed by atoms with van der Waals surface area (Å²) in [5.74, 6) is -1.47. The predicted molar refractivity (Wildman–Crippen MR) is 81.4 cm³/mol. The van der Waals surface area contributed by atoms with E-state index >= 15 is 0 Å². The Morgan fingerprint density at radius 2 is 1.83 bits per heavy atom. The fourth-order valence-electron chi connectivity index (χ4n) is 3.20. The summed E-state index contributed by atoms with van der Waals surface area (Å²) in [6.07, 6.45) is -4.86. The average molecular weight is 340 g/mol. The molecule has 1 atom stereocenters. The number of nitrogens with one attached hydrogen (secondary N) is 1. The molecule has 0 spiro atoms. The molecular weight excluding hydrogens is 324 g/mol. The van der Waals surface area contributed by atoms with Crippen LogP contribution in [0.5, 0.6) is 0 Å². The third-order valence-corrected chi connectivity index (χ3v) is 4.25. The number of rotatable bonds is 2. The van der Waals surface area contributed by atoms with Crippen molar-refractivity contribution < 1.29 is 22.4 Å². The van der Waals surface area contributed by atoms with Crippen molar-refractivity contribution in [2.75, 3.05) is 0 Å². The summed E-state index contributed by atoms with van der Waals surface area (Å²) in [5, 5.41) is 1.50. The van der Waals surface area contributed by atoms with Crippen LogP contribution in [-0.2, 0) is 4.79 Å². The van der Waals surface area contributed by atoms with Crippen LogP contribution in [0.25, 0.3) is 10.8 Å². The molecule has 1 heterocycles. The zero-order valence-electron chi connectivity index (χ0n) is 13.1. The van der Waals surface area contributed by atoms with Gasteiger partial charge in [-0.2, -0.15) is 18.2 Å². The zero-order valence-corrected chi connectivity index (χ0v) is 13.1. The van der Waals surface area contributed by atoms with E-state index in [2.05, 4.69) is 5.43 Å². The van der Waals surface area contributed by atoms with Crippen molar-refractivity contribution in [2.24, 2.45) is 0 Å². The predicted octanol–water partition coefficient (Wildman–Crippen LogP) is 4.10. The minimum Gasteiger partial charge on any atom is -0.287 e. The lowest BCUT2D eigenvalue weighted by atomic mass is 9.93. The van der Waals surface area contributed by atoms with Crippen molar-refractivity contribution in [3.8, 4) is 0 Å². The van der Waals surface area contributed by atoms with Gasteiger partial charge in [0.1, 0.15) is 5.82 Å². The third kappa shape index (κ3) is 2.73. The number of carbonyl (C=O) groups excluding carboxylic acids is 1. The molecule has 0 saturated carbocycles. The molecule has 0 bridgehead atoms. The van der Waals surface area contributed by atoms with E-state index < -0.39 is 35.0 Å². The first kappa shape index (κ1) is 16.7. The van der Waals surface area contributed by atoms with Crippen LogP contribution in [0.3, 0.4) is 0 Å².